The molecule has 0 bridgehead atoms. The van der Waals surface area contributed by atoms with Crippen LogP contribution in [0.3, 0.4) is 0 Å². The van der Waals surface area contributed by atoms with Crippen LogP contribution in [-0.2, 0) is 0 Å². The van der Waals surface area contributed by atoms with E-state index in [1.807, 2.05) is 24.6 Å². The van der Waals surface area contributed by atoms with Gasteiger partial charge >= 0.3 is 0 Å². The Balaban J connectivity index is 2.41. The number of aromatic nitrogens is 1. The topological polar surface area (TPSA) is 38.9 Å². The van der Waals surface area contributed by atoms with E-state index >= 15 is 0 Å². The van der Waals surface area contributed by atoms with Gasteiger partial charge in [-0.2, -0.15) is 0 Å². The Morgan fingerprint density at radius 1 is 1.27 bits per heavy atom. The fraction of sp³-hybridized carbons (Fsp3) is 0.250. The van der Waals surface area contributed by atoms with E-state index in [0.717, 1.165) is 10.6 Å². The minimum absolute atomic E-state index is 0.0429. The third kappa shape index (κ3) is 1.94. The first-order valence-electron chi connectivity index (χ1n) is 4.91. The molecular formula is C12H14N2S. The van der Waals surface area contributed by atoms with Gasteiger partial charge in [-0.1, -0.05) is 24.3 Å². The maximum atomic E-state index is 6.23. The zero-order valence-corrected chi connectivity index (χ0v) is 9.71. The molecule has 2 nitrogen and oxygen atoms in total. The third-order valence-electron chi connectivity index (χ3n) is 2.59. The van der Waals surface area contributed by atoms with E-state index in [1.54, 1.807) is 11.3 Å². The van der Waals surface area contributed by atoms with E-state index in [0.29, 0.717) is 0 Å². The fourth-order valence-electron chi connectivity index (χ4n) is 1.69. The summed E-state index contributed by atoms with van der Waals surface area (Å²) in [5.74, 6) is 0. The van der Waals surface area contributed by atoms with Crippen LogP contribution >= 0.6 is 11.3 Å². The van der Waals surface area contributed by atoms with E-state index in [4.69, 9.17) is 5.73 Å². The van der Waals surface area contributed by atoms with Gasteiger partial charge in [0, 0.05) is 4.88 Å². The maximum Gasteiger partial charge on any atom is 0.0798 e. The van der Waals surface area contributed by atoms with E-state index in [2.05, 4.69) is 24.0 Å². The third-order valence-corrected chi connectivity index (χ3v) is 3.60. The minimum Gasteiger partial charge on any atom is -0.320 e. The summed E-state index contributed by atoms with van der Waals surface area (Å²) < 4.78 is 0. The van der Waals surface area contributed by atoms with Gasteiger partial charge in [0.05, 0.1) is 17.2 Å². The molecule has 2 aromatic rings. The molecule has 78 valence electrons. The number of hydrogen-bond acceptors (Lipinski definition) is 3. The molecule has 0 aliphatic rings. The number of nitrogens with two attached hydrogens (primary N) is 1. The predicted molar refractivity (Wildman–Crippen MR) is 64.1 cm³/mol. The molecule has 1 heterocycles. The van der Waals surface area contributed by atoms with Crippen LogP contribution in [-0.4, -0.2) is 4.98 Å². The Morgan fingerprint density at radius 3 is 2.60 bits per heavy atom. The van der Waals surface area contributed by atoms with Crippen LogP contribution in [0, 0.1) is 13.8 Å². The van der Waals surface area contributed by atoms with E-state index in [-0.39, 0.29) is 6.04 Å². The van der Waals surface area contributed by atoms with Crippen molar-refractivity contribution in [3.63, 3.8) is 0 Å². The molecule has 1 atom stereocenters. The molecule has 2 rings (SSSR count). The summed E-state index contributed by atoms with van der Waals surface area (Å²) in [5, 5.41) is 0. The lowest BCUT2D eigenvalue weighted by Gasteiger charge is -2.13. The smallest absolute Gasteiger partial charge is 0.0798 e. The van der Waals surface area contributed by atoms with Crippen LogP contribution < -0.4 is 5.73 Å². The van der Waals surface area contributed by atoms with Gasteiger partial charge in [0.15, 0.2) is 0 Å². The molecule has 2 N–H and O–H groups in total. The van der Waals surface area contributed by atoms with E-state index in [1.165, 1.54) is 11.1 Å². The number of thiazole rings is 1. The number of benzene rings is 1. The summed E-state index contributed by atoms with van der Waals surface area (Å²) in [4.78, 5) is 5.39. The Morgan fingerprint density at radius 2 is 2.00 bits per heavy atom. The molecule has 0 saturated carbocycles. The van der Waals surface area contributed by atoms with Crippen LogP contribution in [0.1, 0.15) is 27.7 Å². The molecular weight excluding hydrogens is 204 g/mol. The summed E-state index contributed by atoms with van der Waals surface area (Å²) in [7, 11) is 0. The van der Waals surface area contributed by atoms with Crippen molar-refractivity contribution in [2.75, 3.05) is 0 Å². The molecule has 0 spiro atoms. The molecule has 0 aliphatic heterocycles. The summed E-state index contributed by atoms with van der Waals surface area (Å²) in [5.41, 5.74) is 11.5. The first-order valence-corrected chi connectivity index (χ1v) is 5.79. The van der Waals surface area contributed by atoms with Crippen LogP contribution in [0.15, 0.2) is 29.8 Å². The second-order valence-electron chi connectivity index (χ2n) is 3.64. The Labute approximate surface area is 93.8 Å². The second-order valence-corrected chi connectivity index (χ2v) is 4.52. The van der Waals surface area contributed by atoms with Crippen molar-refractivity contribution in [1.82, 2.24) is 4.98 Å². The van der Waals surface area contributed by atoms with Crippen LogP contribution in [0.4, 0.5) is 0 Å². The lowest BCUT2D eigenvalue weighted by atomic mass is 10.0. The van der Waals surface area contributed by atoms with Crippen molar-refractivity contribution in [2.24, 2.45) is 5.73 Å². The average Bonchev–Trinajstić information content (AvgIpc) is 2.64. The normalized spacial score (nSPS) is 12.7. The zero-order chi connectivity index (χ0) is 10.8. The quantitative estimate of drug-likeness (QED) is 0.841. The Kier molecular flexibility index (Phi) is 2.84. The van der Waals surface area contributed by atoms with Crippen molar-refractivity contribution in [3.05, 3.63) is 51.5 Å². The standard InChI is InChI=1S/C12H14N2S/c1-8-5-3-4-6-10(8)11(13)12-9(2)14-7-15-12/h3-7,11H,13H2,1-2H3. The molecule has 0 fully saturated rings. The molecule has 1 unspecified atom stereocenters. The summed E-state index contributed by atoms with van der Waals surface area (Å²) in [6.07, 6.45) is 0. The molecule has 0 amide bonds. The molecule has 1 aromatic carbocycles. The second kappa shape index (κ2) is 4.13. The lowest BCUT2D eigenvalue weighted by molar-refractivity contribution is 0.867. The van der Waals surface area contributed by atoms with Crippen molar-refractivity contribution >= 4 is 11.3 Å². The van der Waals surface area contributed by atoms with Gasteiger partial charge < -0.3 is 5.73 Å². The van der Waals surface area contributed by atoms with Crippen molar-refractivity contribution < 1.29 is 0 Å². The first-order chi connectivity index (χ1) is 7.20. The van der Waals surface area contributed by atoms with Crippen LogP contribution in [0.25, 0.3) is 0 Å². The van der Waals surface area contributed by atoms with Gasteiger partial charge in [0.25, 0.3) is 0 Å². The van der Waals surface area contributed by atoms with Crippen LogP contribution in [0.5, 0.6) is 0 Å². The van der Waals surface area contributed by atoms with Gasteiger partial charge in [-0.15, -0.1) is 11.3 Å². The summed E-state index contributed by atoms with van der Waals surface area (Å²) in [6.45, 7) is 4.09. The zero-order valence-electron chi connectivity index (χ0n) is 8.90. The predicted octanol–water partition coefficient (Wildman–Crippen LogP) is 2.81. The van der Waals surface area contributed by atoms with E-state index in [9.17, 15) is 0 Å². The van der Waals surface area contributed by atoms with Crippen molar-refractivity contribution in [2.45, 2.75) is 19.9 Å². The monoisotopic (exact) mass is 218 g/mol. The molecule has 0 radical (unpaired) electrons. The van der Waals surface area contributed by atoms with Gasteiger partial charge in [0.1, 0.15) is 0 Å². The van der Waals surface area contributed by atoms with Crippen molar-refractivity contribution in [3.8, 4) is 0 Å². The van der Waals surface area contributed by atoms with Crippen LogP contribution in [0.2, 0.25) is 0 Å². The number of nitrogens with zero attached hydrogens (tertiary/aromatic N) is 1. The van der Waals surface area contributed by atoms with Crippen molar-refractivity contribution in [1.29, 1.82) is 0 Å². The SMILES string of the molecule is Cc1ccccc1C(N)c1scnc1C. The molecule has 3 heteroatoms. The highest BCUT2D eigenvalue weighted by molar-refractivity contribution is 7.09. The molecule has 1 aromatic heterocycles. The largest absolute Gasteiger partial charge is 0.320 e. The minimum atomic E-state index is -0.0429. The molecule has 15 heavy (non-hydrogen) atoms. The maximum absolute atomic E-state index is 6.23. The van der Waals surface area contributed by atoms with E-state index < -0.39 is 0 Å². The van der Waals surface area contributed by atoms with Gasteiger partial charge in [-0.05, 0) is 25.0 Å². The highest BCUT2D eigenvalue weighted by Crippen LogP contribution is 2.27. The summed E-state index contributed by atoms with van der Waals surface area (Å²) in [6, 6.07) is 8.19. The average molecular weight is 218 g/mol. The molecule has 0 saturated heterocycles. The number of hydrogen-bond donors (Lipinski definition) is 1. The highest BCUT2D eigenvalue weighted by atomic mass is 32.1. The fourth-order valence-corrected chi connectivity index (χ4v) is 2.51. The molecule has 0 aliphatic carbocycles. The highest BCUT2D eigenvalue weighted by Gasteiger charge is 2.14. The van der Waals surface area contributed by atoms with Gasteiger partial charge in [-0.25, -0.2) is 4.98 Å². The van der Waals surface area contributed by atoms with Gasteiger partial charge in [0.2, 0.25) is 0 Å². The van der Waals surface area contributed by atoms with Gasteiger partial charge in [-0.3, -0.25) is 0 Å². The lowest BCUT2D eigenvalue weighted by Crippen LogP contribution is -2.12. The Bertz CT molecular complexity index is 462. The number of aryl methyl sites for hydroxylation is 2. The number of rotatable bonds is 2. The first kappa shape index (κ1) is 10.3. The Hall–Kier alpha value is -1.19. The summed E-state index contributed by atoms with van der Waals surface area (Å²) >= 11 is 1.63.